The standard InChI is InChI=1S/C22H17F2N7O/c1-12-19-18(14-7-3-5-9-16(14)23)22(32-13(2)20-25-11-26-28-20)30-31(19)21(29-27-12)15-8-4-6-10-17(15)24/h3-11,13H,1-2H3,(H,25,26,28). The number of hydrogen-bond acceptors (Lipinski definition) is 6. The zero-order valence-electron chi connectivity index (χ0n) is 17.1. The highest BCUT2D eigenvalue weighted by Crippen LogP contribution is 2.39. The van der Waals surface area contributed by atoms with Crippen LogP contribution in [0.1, 0.15) is 24.5 Å². The molecular weight excluding hydrogens is 416 g/mol. The normalized spacial score (nSPS) is 12.2. The van der Waals surface area contributed by atoms with Gasteiger partial charge in [-0.05, 0) is 32.0 Å². The minimum Gasteiger partial charge on any atom is -0.465 e. The van der Waals surface area contributed by atoms with Crippen LogP contribution in [0.4, 0.5) is 8.78 Å². The van der Waals surface area contributed by atoms with E-state index in [0.29, 0.717) is 22.6 Å². The summed E-state index contributed by atoms with van der Waals surface area (Å²) >= 11 is 0. The second kappa shape index (κ2) is 7.80. The molecule has 0 aliphatic carbocycles. The van der Waals surface area contributed by atoms with Crippen LogP contribution in [-0.2, 0) is 0 Å². The molecule has 0 spiro atoms. The van der Waals surface area contributed by atoms with E-state index in [9.17, 15) is 8.78 Å². The van der Waals surface area contributed by atoms with Gasteiger partial charge in [0, 0.05) is 5.56 Å². The predicted octanol–water partition coefficient (Wildman–Crippen LogP) is 4.30. The summed E-state index contributed by atoms with van der Waals surface area (Å²) in [7, 11) is 0. The van der Waals surface area contributed by atoms with Crippen LogP contribution in [-0.4, -0.2) is 35.0 Å². The number of aromatic amines is 1. The molecule has 2 aromatic carbocycles. The number of ether oxygens (including phenoxy) is 1. The number of aryl methyl sites for hydroxylation is 1. The van der Waals surface area contributed by atoms with Crippen LogP contribution in [0.5, 0.6) is 5.88 Å². The summed E-state index contributed by atoms with van der Waals surface area (Å²) in [4.78, 5) is 4.11. The molecule has 5 rings (SSSR count). The quantitative estimate of drug-likeness (QED) is 0.444. The van der Waals surface area contributed by atoms with Crippen molar-refractivity contribution in [2.24, 2.45) is 0 Å². The Morgan fingerprint density at radius 2 is 1.66 bits per heavy atom. The molecule has 3 heterocycles. The monoisotopic (exact) mass is 433 g/mol. The van der Waals surface area contributed by atoms with Crippen molar-refractivity contribution in [3.8, 4) is 28.4 Å². The molecule has 0 aliphatic rings. The lowest BCUT2D eigenvalue weighted by Crippen LogP contribution is -2.07. The maximum Gasteiger partial charge on any atom is 0.242 e. The Kier molecular flexibility index (Phi) is 4.81. The lowest BCUT2D eigenvalue weighted by molar-refractivity contribution is 0.208. The first kappa shape index (κ1) is 19.7. The van der Waals surface area contributed by atoms with Crippen molar-refractivity contribution in [2.45, 2.75) is 20.0 Å². The molecule has 0 bridgehead atoms. The molecule has 0 saturated carbocycles. The van der Waals surface area contributed by atoms with Gasteiger partial charge in [0.25, 0.3) is 0 Å². The molecule has 0 amide bonds. The Balaban J connectivity index is 1.79. The highest BCUT2D eigenvalue weighted by molar-refractivity contribution is 5.87. The molecule has 0 saturated heterocycles. The highest BCUT2D eigenvalue weighted by atomic mass is 19.1. The molecule has 8 nitrogen and oxygen atoms in total. The minimum atomic E-state index is -0.588. The Labute approximate surface area is 180 Å². The molecule has 10 heteroatoms. The summed E-state index contributed by atoms with van der Waals surface area (Å²) < 4.78 is 36.9. The summed E-state index contributed by atoms with van der Waals surface area (Å²) in [6.07, 6.45) is 0.847. The van der Waals surface area contributed by atoms with Gasteiger partial charge in [-0.2, -0.15) is 10.2 Å². The van der Waals surface area contributed by atoms with Gasteiger partial charge < -0.3 is 4.74 Å². The number of benzene rings is 2. The Hall–Kier alpha value is -4.21. The predicted molar refractivity (Wildman–Crippen MR) is 112 cm³/mol. The number of halogens is 2. The maximum atomic E-state index is 14.9. The van der Waals surface area contributed by atoms with Crippen molar-refractivity contribution < 1.29 is 13.5 Å². The molecule has 0 aliphatic heterocycles. The van der Waals surface area contributed by atoms with Gasteiger partial charge in [0.15, 0.2) is 17.8 Å². The van der Waals surface area contributed by atoms with E-state index in [1.165, 1.54) is 23.0 Å². The van der Waals surface area contributed by atoms with Crippen molar-refractivity contribution in [2.75, 3.05) is 0 Å². The zero-order chi connectivity index (χ0) is 22.2. The zero-order valence-corrected chi connectivity index (χ0v) is 17.1. The number of H-pyrrole nitrogens is 1. The van der Waals surface area contributed by atoms with Gasteiger partial charge in [0.2, 0.25) is 5.88 Å². The van der Waals surface area contributed by atoms with Gasteiger partial charge in [-0.1, -0.05) is 30.3 Å². The van der Waals surface area contributed by atoms with Gasteiger partial charge in [0.05, 0.1) is 16.8 Å². The average molecular weight is 433 g/mol. The lowest BCUT2D eigenvalue weighted by Gasteiger charge is -2.11. The molecule has 5 aromatic rings. The first-order valence-electron chi connectivity index (χ1n) is 9.82. The van der Waals surface area contributed by atoms with Crippen LogP contribution in [0.2, 0.25) is 0 Å². The van der Waals surface area contributed by atoms with Gasteiger partial charge in [-0.25, -0.2) is 18.3 Å². The van der Waals surface area contributed by atoms with E-state index in [1.807, 2.05) is 0 Å². The van der Waals surface area contributed by atoms with Crippen LogP contribution in [0.25, 0.3) is 28.0 Å². The number of rotatable bonds is 5. The second-order valence-corrected chi connectivity index (χ2v) is 7.13. The summed E-state index contributed by atoms with van der Waals surface area (Å²) in [5, 5.41) is 19.6. The summed E-state index contributed by atoms with van der Waals surface area (Å²) in [5.74, 6) is -0.235. The largest absolute Gasteiger partial charge is 0.465 e. The van der Waals surface area contributed by atoms with E-state index in [1.54, 1.807) is 50.2 Å². The number of nitrogens with one attached hydrogen (secondary N) is 1. The molecule has 1 N–H and O–H groups in total. The van der Waals surface area contributed by atoms with Gasteiger partial charge >= 0.3 is 0 Å². The number of aromatic nitrogens is 7. The molecule has 1 atom stereocenters. The first-order valence-corrected chi connectivity index (χ1v) is 9.82. The number of hydrogen-bond donors (Lipinski definition) is 1. The number of fused-ring (bicyclic) bond motifs is 1. The van der Waals surface area contributed by atoms with Crippen molar-refractivity contribution in [3.05, 3.63) is 78.0 Å². The van der Waals surface area contributed by atoms with Gasteiger partial charge in [-0.15, -0.1) is 10.2 Å². The van der Waals surface area contributed by atoms with Crippen LogP contribution >= 0.6 is 0 Å². The van der Waals surface area contributed by atoms with Crippen LogP contribution in [0, 0.1) is 18.6 Å². The van der Waals surface area contributed by atoms with E-state index in [2.05, 4.69) is 30.5 Å². The van der Waals surface area contributed by atoms with E-state index in [-0.39, 0.29) is 22.8 Å². The summed E-state index contributed by atoms with van der Waals surface area (Å²) in [5.41, 5.74) is 1.81. The smallest absolute Gasteiger partial charge is 0.242 e. The first-order chi connectivity index (χ1) is 15.5. The third-order valence-corrected chi connectivity index (χ3v) is 5.03. The van der Waals surface area contributed by atoms with E-state index >= 15 is 0 Å². The summed E-state index contributed by atoms with van der Waals surface area (Å²) in [6.45, 7) is 3.47. The third-order valence-electron chi connectivity index (χ3n) is 5.03. The molecule has 3 aromatic heterocycles. The van der Waals surface area contributed by atoms with Crippen molar-refractivity contribution >= 4 is 5.52 Å². The molecule has 1 unspecified atom stereocenters. The van der Waals surface area contributed by atoms with Crippen molar-refractivity contribution in [3.63, 3.8) is 0 Å². The van der Waals surface area contributed by atoms with Crippen molar-refractivity contribution in [1.29, 1.82) is 0 Å². The molecule has 0 fully saturated rings. The van der Waals surface area contributed by atoms with Gasteiger partial charge in [-0.3, -0.25) is 5.10 Å². The third kappa shape index (κ3) is 3.25. The van der Waals surface area contributed by atoms with Gasteiger partial charge in [0.1, 0.15) is 23.5 Å². The second-order valence-electron chi connectivity index (χ2n) is 7.13. The van der Waals surface area contributed by atoms with Crippen LogP contribution in [0.15, 0.2) is 54.9 Å². The number of nitrogens with zero attached hydrogens (tertiary/aromatic N) is 6. The maximum absolute atomic E-state index is 14.9. The SMILES string of the molecule is Cc1nnc(-c2ccccc2F)n2nc(OC(C)c3nc[nH]n3)c(-c3ccccc3F)c12. The molecular formula is C22H17F2N7O. The van der Waals surface area contributed by atoms with Crippen LogP contribution < -0.4 is 4.74 Å². The fraction of sp³-hybridized carbons (Fsp3) is 0.136. The average Bonchev–Trinajstić information content (AvgIpc) is 3.44. The molecule has 160 valence electrons. The van der Waals surface area contributed by atoms with Crippen LogP contribution in [0.3, 0.4) is 0 Å². The molecule has 32 heavy (non-hydrogen) atoms. The summed E-state index contributed by atoms with van der Waals surface area (Å²) in [6, 6.07) is 12.5. The topological polar surface area (TPSA) is 93.9 Å². The molecule has 0 radical (unpaired) electrons. The highest BCUT2D eigenvalue weighted by Gasteiger charge is 2.26. The van der Waals surface area contributed by atoms with Crippen molar-refractivity contribution in [1.82, 2.24) is 35.0 Å². The fourth-order valence-electron chi connectivity index (χ4n) is 3.53. The Morgan fingerprint density at radius 1 is 0.969 bits per heavy atom. The van der Waals surface area contributed by atoms with E-state index in [0.717, 1.165) is 0 Å². The van der Waals surface area contributed by atoms with E-state index in [4.69, 9.17) is 4.74 Å². The Morgan fingerprint density at radius 3 is 2.31 bits per heavy atom. The lowest BCUT2D eigenvalue weighted by atomic mass is 10.1. The fourth-order valence-corrected chi connectivity index (χ4v) is 3.53. The Bertz CT molecular complexity index is 1420. The minimum absolute atomic E-state index is 0.128. The van der Waals surface area contributed by atoms with E-state index < -0.39 is 17.7 Å².